The number of nitrogens with one attached hydrogen (secondary N) is 1. The van der Waals surface area contributed by atoms with Crippen LogP contribution in [0.25, 0.3) is 0 Å². The van der Waals surface area contributed by atoms with E-state index < -0.39 is 15.9 Å². The molecule has 2 saturated carbocycles. The van der Waals surface area contributed by atoms with E-state index in [2.05, 4.69) is 5.32 Å². The maximum Gasteiger partial charge on any atom is 0.237 e. The number of carbonyl (C=O) groups excluding carboxylic acids is 1. The van der Waals surface area contributed by atoms with Crippen molar-refractivity contribution in [2.75, 3.05) is 12.0 Å². The number of hydrogen-bond acceptors (Lipinski definition) is 4. The van der Waals surface area contributed by atoms with Crippen LogP contribution in [-0.4, -0.2) is 38.4 Å². The molecule has 0 saturated heterocycles. The molecule has 0 aromatic heterocycles. The van der Waals surface area contributed by atoms with Gasteiger partial charge in [-0.25, -0.2) is 8.42 Å². The Hall–Kier alpha value is -0.330. The van der Waals surface area contributed by atoms with Crippen LogP contribution in [0.4, 0.5) is 0 Å². The first-order valence-electron chi connectivity index (χ1n) is 7.60. The van der Waals surface area contributed by atoms with Gasteiger partial charge in [0.2, 0.25) is 5.91 Å². The van der Waals surface area contributed by atoms with Crippen LogP contribution in [0, 0.1) is 11.8 Å². The highest BCUT2D eigenvalue weighted by Gasteiger charge is 2.44. The van der Waals surface area contributed by atoms with E-state index in [0.29, 0.717) is 5.92 Å². The molecule has 21 heavy (non-hydrogen) atoms. The minimum atomic E-state index is -3.05. The number of rotatable bonds is 6. The normalized spacial score (nSPS) is 27.5. The number of carbonyl (C=O) groups is 1. The molecule has 3 N–H and O–H groups in total. The van der Waals surface area contributed by atoms with Crippen molar-refractivity contribution in [2.24, 2.45) is 17.6 Å². The van der Waals surface area contributed by atoms with Gasteiger partial charge in [-0.3, -0.25) is 4.79 Å². The number of nitrogens with two attached hydrogens (primary N) is 1. The topological polar surface area (TPSA) is 89.3 Å². The molecule has 2 rings (SSSR count). The predicted octanol–water partition coefficient (Wildman–Crippen LogP) is 1.26. The molecule has 3 atom stereocenters. The molecule has 1 amide bonds. The summed E-state index contributed by atoms with van der Waals surface area (Å²) in [7, 11) is -3.05. The summed E-state index contributed by atoms with van der Waals surface area (Å²) in [6, 6.07) is -0.438. The summed E-state index contributed by atoms with van der Waals surface area (Å²) in [5, 5.41) is 2.98. The smallest absolute Gasteiger partial charge is 0.237 e. The Balaban J connectivity index is 0.00000220. The second-order valence-corrected chi connectivity index (χ2v) is 8.70. The third-order valence-corrected chi connectivity index (χ3v) is 5.54. The fourth-order valence-corrected chi connectivity index (χ4v) is 3.91. The predicted molar refractivity (Wildman–Crippen MR) is 86.2 cm³/mol. The Morgan fingerprint density at radius 2 is 1.90 bits per heavy atom. The zero-order chi connectivity index (χ0) is 14.8. The van der Waals surface area contributed by atoms with Crippen molar-refractivity contribution in [2.45, 2.75) is 57.0 Å². The van der Waals surface area contributed by atoms with E-state index in [1.165, 1.54) is 32.1 Å². The number of sulfone groups is 1. The standard InChI is InChI=1S/C14H26N2O3S.ClH/c1-20(18,19)8-7-12(15)14(17)16-13-9-11(13)10-5-3-2-4-6-10;/h10-13H,2-9,15H2,1H3,(H,16,17);1H. The molecular formula is C14H27ClN2O3S. The maximum absolute atomic E-state index is 11.9. The first-order chi connectivity index (χ1) is 9.37. The number of halogens is 1. The summed E-state index contributed by atoms with van der Waals surface area (Å²) in [6.45, 7) is 0. The fraction of sp³-hybridized carbons (Fsp3) is 0.929. The van der Waals surface area contributed by atoms with Crippen LogP contribution in [0.3, 0.4) is 0 Å². The molecule has 3 unspecified atom stereocenters. The zero-order valence-corrected chi connectivity index (χ0v) is 14.2. The minimum absolute atomic E-state index is 0. The van der Waals surface area contributed by atoms with Crippen molar-refractivity contribution in [1.29, 1.82) is 0 Å². The lowest BCUT2D eigenvalue weighted by Crippen LogP contribution is -2.43. The molecule has 0 bridgehead atoms. The van der Waals surface area contributed by atoms with Crippen molar-refractivity contribution < 1.29 is 13.2 Å². The van der Waals surface area contributed by atoms with E-state index in [1.54, 1.807) is 0 Å². The van der Waals surface area contributed by atoms with Gasteiger partial charge in [0.25, 0.3) is 0 Å². The van der Waals surface area contributed by atoms with Crippen LogP contribution < -0.4 is 11.1 Å². The minimum Gasteiger partial charge on any atom is -0.352 e. The Bertz CT molecular complexity index is 449. The summed E-state index contributed by atoms with van der Waals surface area (Å²) in [4.78, 5) is 11.9. The van der Waals surface area contributed by atoms with Crippen molar-refractivity contribution in [3.63, 3.8) is 0 Å². The van der Waals surface area contributed by atoms with Crippen molar-refractivity contribution in [3.05, 3.63) is 0 Å². The van der Waals surface area contributed by atoms with Crippen LogP contribution in [-0.2, 0) is 14.6 Å². The maximum atomic E-state index is 11.9. The van der Waals surface area contributed by atoms with Gasteiger partial charge in [-0.2, -0.15) is 0 Å². The molecule has 0 aromatic carbocycles. The van der Waals surface area contributed by atoms with Gasteiger partial charge in [0.1, 0.15) is 9.84 Å². The molecule has 5 nitrogen and oxygen atoms in total. The Morgan fingerprint density at radius 3 is 2.48 bits per heavy atom. The summed E-state index contributed by atoms with van der Waals surface area (Å²) in [6.07, 6.45) is 8.98. The molecular weight excluding hydrogens is 312 g/mol. The number of amides is 1. The molecule has 0 heterocycles. The molecule has 2 aliphatic carbocycles. The average molecular weight is 339 g/mol. The first-order valence-corrected chi connectivity index (χ1v) is 9.66. The molecule has 0 aliphatic heterocycles. The van der Waals surface area contributed by atoms with Crippen LogP contribution in [0.2, 0.25) is 0 Å². The average Bonchev–Trinajstić information content (AvgIpc) is 3.15. The van der Waals surface area contributed by atoms with Gasteiger partial charge in [0.05, 0.1) is 11.8 Å². The molecule has 2 aliphatic rings. The van der Waals surface area contributed by atoms with Crippen molar-refractivity contribution >= 4 is 28.2 Å². The highest BCUT2D eigenvalue weighted by Crippen LogP contribution is 2.44. The van der Waals surface area contributed by atoms with Crippen LogP contribution in [0.1, 0.15) is 44.9 Å². The molecule has 124 valence electrons. The van der Waals surface area contributed by atoms with Crippen molar-refractivity contribution in [1.82, 2.24) is 5.32 Å². The Kier molecular flexibility index (Phi) is 6.94. The lowest BCUT2D eigenvalue weighted by atomic mass is 9.85. The van der Waals surface area contributed by atoms with Gasteiger partial charge in [0, 0.05) is 12.3 Å². The Morgan fingerprint density at radius 1 is 1.29 bits per heavy atom. The van der Waals surface area contributed by atoms with Gasteiger partial charge in [-0.1, -0.05) is 32.1 Å². The largest absolute Gasteiger partial charge is 0.352 e. The van der Waals surface area contributed by atoms with E-state index in [0.717, 1.165) is 18.6 Å². The molecule has 0 aromatic rings. The van der Waals surface area contributed by atoms with E-state index in [-0.39, 0.29) is 36.5 Å². The van der Waals surface area contributed by atoms with Gasteiger partial charge in [-0.05, 0) is 24.7 Å². The second-order valence-electron chi connectivity index (χ2n) is 6.44. The fourth-order valence-electron chi connectivity index (χ4n) is 3.23. The van der Waals surface area contributed by atoms with Crippen LogP contribution >= 0.6 is 12.4 Å². The zero-order valence-electron chi connectivity index (χ0n) is 12.6. The van der Waals surface area contributed by atoms with Crippen LogP contribution in [0.5, 0.6) is 0 Å². The van der Waals surface area contributed by atoms with E-state index in [9.17, 15) is 13.2 Å². The molecule has 0 radical (unpaired) electrons. The van der Waals surface area contributed by atoms with Crippen molar-refractivity contribution in [3.8, 4) is 0 Å². The highest BCUT2D eigenvalue weighted by atomic mass is 35.5. The first kappa shape index (κ1) is 18.7. The lowest BCUT2D eigenvalue weighted by molar-refractivity contribution is -0.122. The molecule has 2 fully saturated rings. The summed E-state index contributed by atoms with van der Waals surface area (Å²) in [5.74, 6) is 1.16. The quantitative estimate of drug-likeness (QED) is 0.763. The summed E-state index contributed by atoms with van der Waals surface area (Å²) >= 11 is 0. The number of hydrogen-bond donors (Lipinski definition) is 2. The monoisotopic (exact) mass is 338 g/mol. The molecule has 0 spiro atoms. The van der Waals surface area contributed by atoms with E-state index >= 15 is 0 Å². The van der Waals surface area contributed by atoms with Gasteiger partial charge >= 0.3 is 0 Å². The van der Waals surface area contributed by atoms with Gasteiger partial charge < -0.3 is 11.1 Å². The van der Waals surface area contributed by atoms with E-state index in [4.69, 9.17) is 5.73 Å². The van der Waals surface area contributed by atoms with Gasteiger partial charge in [-0.15, -0.1) is 12.4 Å². The summed E-state index contributed by atoms with van der Waals surface area (Å²) in [5.41, 5.74) is 5.75. The summed E-state index contributed by atoms with van der Waals surface area (Å²) < 4.78 is 22.1. The van der Waals surface area contributed by atoms with Gasteiger partial charge in [0.15, 0.2) is 0 Å². The third kappa shape index (κ3) is 6.12. The molecule has 7 heteroatoms. The van der Waals surface area contributed by atoms with Crippen LogP contribution in [0.15, 0.2) is 0 Å². The lowest BCUT2D eigenvalue weighted by Gasteiger charge is -2.22. The Labute approximate surface area is 133 Å². The van der Waals surface area contributed by atoms with E-state index in [1.807, 2.05) is 0 Å². The SMILES string of the molecule is CS(=O)(=O)CCC(N)C(=O)NC1CC1C1CCCCC1.Cl. The third-order valence-electron chi connectivity index (χ3n) is 4.56. The highest BCUT2D eigenvalue weighted by molar-refractivity contribution is 7.90. The second kappa shape index (κ2) is 7.79.